The average molecular weight is 308 g/mol. The van der Waals surface area contributed by atoms with Crippen molar-refractivity contribution in [3.63, 3.8) is 0 Å². The highest BCUT2D eigenvalue weighted by Crippen LogP contribution is 2.30. The van der Waals surface area contributed by atoms with Gasteiger partial charge in [0.05, 0.1) is 11.8 Å². The zero-order valence-electron chi connectivity index (χ0n) is 10.3. The maximum Gasteiger partial charge on any atom is 0.185 e. The molecule has 1 aromatic carbocycles. The van der Waals surface area contributed by atoms with E-state index < -0.39 is 18.0 Å². The molecule has 2 atom stereocenters. The van der Waals surface area contributed by atoms with Crippen LogP contribution in [0.2, 0.25) is 5.02 Å². The Balaban J connectivity index is 2.76. The van der Waals surface area contributed by atoms with Crippen molar-refractivity contribution in [2.24, 2.45) is 0 Å². The van der Waals surface area contributed by atoms with E-state index in [1.165, 1.54) is 13.0 Å². The first kappa shape index (κ1) is 16.2. The summed E-state index contributed by atoms with van der Waals surface area (Å²) in [6.07, 6.45) is -2.31. The van der Waals surface area contributed by atoms with Crippen molar-refractivity contribution in [1.82, 2.24) is 0 Å². The van der Waals surface area contributed by atoms with Crippen LogP contribution in [0.1, 0.15) is 25.0 Å². The summed E-state index contributed by atoms with van der Waals surface area (Å²) in [6.45, 7) is 1.41. The van der Waals surface area contributed by atoms with Crippen molar-refractivity contribution in [2.45, 2.75) is 25.6 Å². The molecule has 0 aliphatic rings. The molecule has 0 aromatic heterocycles. The molecule has 0 amide bonds. The maximum absolute atomic E-state index is 13.4. The van der Waals surface area contributed by atoms with E-state index in [0.717, 1.165) is 17.8 Å². The van der Waals surface area contributed by atoms with E-state index in [0.29, 0.717) is 5.75 Å². The Hall–Kier alpha value is -0.820. The molecule has 2 unspecified atom stereocenters. The van der Waals surface area contributed by atoms with Crippen molar-refractivity contribution in [3.05, 3.63) is 28.5 Å². The van der Waals surface area contributed by atoms with Crippen LogP contribution >= 0.6 is 23.4 Å². The van der Waals surface area contributed by atoms with Gasteiger partial charge < -0.3 is 15.9 Å². The summed E-state index contributed by atoms with van der Waals surface area (Å²) in [5.41, 5.74) is 5.31. The molecule has 0 radical (unpaired) electrons. The molecule has 1 aromatic rings. The van der Waals surface area contributed by atoms with Gasteiger partial charge in [0.2, 0.25) is 0 Å². The van der Waals surface area contributed by atoms with Crippen molar-refractivity contribution >= 4 is 34.2 Å². The van der Waals surface area contributed by atoms with Crippen LogP contribution in [0, 0.1) is 5.82 Å². The number of hydrogen-bond donors (Lipinski definition) is 3. The van der Waals surface area contributed by atoms with E-state index in [9.17, 15) is 19.4 Å². The second-order valence-corrected chi connectivity index (χ2v) is 5.74. The molecule has 4 nitrogen and oxygen atoms in total. The first-order valence-corrected chi connectivity index (χ1v) is 6.93. The molecule has 0 aliphatic carbocycles. The Kier molecular flexibility index (Phi) is 6.06. The van der Waals surface area contributed by atoms with E-state index in [2.05, 4.69) is 0 Å². The third-order valence-electron chi connectivity index (χ3n) is 2.53. The summed E-state index contributed by atoms with van der Waals surface area (Å²) < 4.78 is 13.4. The normalized spacial score (nSPS) is 14.2. The Labute approximate surface area is 119 Å². The number of carbonyl (C=O) groups is 1. The Bertz CT molecular complexity index is 473. The van der Waals surface area contributed by atoms with Crippen LogP contribution in [0.5, 0.6) is 0 Å². The quantitative estimate of drug-likeness (QED) is 0.726. The molecule has 0 saturated heterocycles. The smallest absolute Gasteiger partial charge is 0.185 e. The molecule has 0 bridgehead atoms. The van der Waals surface area contributed by atoms with Crippen molar-refractivity contribution in [2.75, 3.05) is 11.5 Å². The number of aliphatic hydroxyl groups excluding tert-OH is 2. The van der Waals surface area contributed by atoms with Gasteiger partial charge in [-0.25, -0.2) is 4.39 Å². The van der Waals surface area contributed by atoms with Crippen LogP contribution in [0.15, 0.2) is 12.1 Å². The van der Waals surface area contributed by atoms with Crippen LogP contribution in [0.3, 0.4) is 0 Å². The number of carbonyl (C=O) groups excluding carboxylic acids is 1. The summed E-state index contributed by atoms with van der Waals surface area (Å²) >= 11 is 6.72. The van der Waals surface area contributed by atoms with Gasteiger partial charge in [0.15, 0.2) is 5.12 Å². The molecule has 0 spiro atoms. The minimum absolute atomic E-state index is 0.0466. The number of nitrogen functional groups attached to an aromatic ring is 1. The van der Waals surface area contributed by atoms with Gasteiger partial charge in [-0.15, -0.1) is 0 Å². The number of thioether (sulfide) groups is 1. The zero-order chi connectivity index (χ0) is 14.6. The maximum atomic E-state index is 13.4. The van der Waals surface area contributed by atoms with E-state index >= 15 is 0 Å². The summed E-state index contributed by atoms with van der Waals surface area (Å²) in [7, 11) is 0. The second kappa shape index (κ2) is 7.09. The molecule has 0 saturated carbocycles. The number of anilines is 1. The highest BCUT2D eigenvalue weighted by Gasteiger charge is 2.22. The van der Waals surface area contributed by atoms with Gasteiger partial charge in [-0.3, -0.25) is 4.79 Å². The predicted octanol–water partition coefficient (Wildman–Crippen LogP) is 2.13. The number of hydrogen-bond acceptors (Lipinski definition) is 5. The fraction of sp³-hybridized carbons (Fsp3) is 0.417. The molecular weight excluding hydrogens is 293 g/mol. The highest BCUT2D eigenvalue weighted by atomic mass is 35.5. The zero-order valence-corrected chi connectivity index (χ0v) is 11.8. The monoisotopic (exact) mass is 307 g/mol. The molecule has 0 aliphatic heterocycles. The Morgan fingerprint density at radius 3 is 2.74 bits per heavy atom. The molecular formula is C12H15ClFNO3S. The Morgan fingerprint density at radius 1 is 1.53 bits per heavy atom. The lowest BCUT2D eigenvalue weighted by Crippen LogP contribution is -2.20. The number of nitrogens with two attached hydrogens (primary N) is 1. The minimum atomic E-state index is -1.35. The third-order valence-corrected chi connectivity index (χ3v) is 3.59. The van der Waals surface area contributed by atoms with E-state index in [1.807, 2.05) is 0 Å². The highest BCUT2D eigenvalue weighted by molar-refractivity contribution is 8.13. The van der Waals surface area contributed by atoms with E-state index in [4.69, 9.17) is 17.3 Å². The lowest BCUT2D eigenvalue weighted by Gasteiger charge is -2.19. The molecule has 19 heavy (non-hydrogen) atoms. The largest absolute Gasteiger partial charge is 0.396 e. The molecule has 1 rings (SSSR count). The van der Waals surface area contributed by atoms with Crippen LogP contribution in [0.25, 0.3) is 0 Å². The summed E-state index contributed by atoms with van der Waals surface area (Å²) in [5.74, 6) is -0.386. The predicted molar refractivity (Wildman–Crippen MR) is 74.5 cm³/mol. The van der Waals surface area contributed by atoms with Gasteiger partial charge in [0, 0.05) is 23.3 Å². The van der Waals surface area contributed by atoms with Gasteiger partial charge in [-0.05, 0) is 18.6 Å². The fourth-order valence-corrected chi connectivity index (χ4v) is 2.40. The summed E-state index contributed by atoms with van der Waals surface area (Å²) in [5, 5.41) is 19.7. The van der Waals surface area contributed by atoms with Crippen molar-refractivity contribution in [3.8, 4) is 0 Å². The van der Waals surface area contributed by atoms with Crippen LogP contribution < -0.4 is 5.73 Å². The standard InChI is InChI=1S/C12H15ClFNO3S/c1-6(16)19-3-2-10(17)12(18)8-4-7(13)5-9(14)11(8)15/h4-5,10,12,17-18H,2-3,15H2,1H3. The number of rotatable bonds is 5. The third kappa shape index (κ3) is 4.65. The lowest BCUT2D eigenvalue weighted by molar-refractivity contribution is -0.109. The number of benzene rings is 1. The van der Waals surface area contributed by atoms with Gasteiger partial charge in [0.25, 0.3) is 0 Å². The van der Waals surface area contributed by atoms with Crippen LogP contribution in [-0.2, 0) is 4.79 Å². The second-order valence-electron chi connectivity index (χ2n) is 4.03. The Morgan fingerprint density at radius 2 is 2.16 bits per heavy atom. The van der Waals surface area contributed by atoms with E-state index in [-0.39, 0.29) is 27.8 Å². The van der Waals surface area contributed by atoms with E-state index in [1.54, 1.807) is 0 Å². The first-order chi connectivity index (χ1) is 8.82. The van der Waals surface area contributed by atoms with Gasteiger partial charge in [-0.1, -0.05) is 23.4 Å². The SMILES string of the molecule is CC(=O)SCCC(O)C(O)c1cc(Cl)cc(F)c1N. The first-order valence-electron chi connectivity index (χ1n) is 5.56. The van der Waals surface area contributed by atoms with Crippen LogP contribution in [0.4, 0.5) is 10.1 Å². The van der Waals surface area contributed by atoms with Gasteiger partial charge in [0.1, 0.15) is 11.9 Å². The van der Waals surface area contributed by atoms with Crippen LogP contribution in [-0.4, -0.2) is 27.2 Å². The fourth-order valence-electron chi connectivity index (χ4n) is 1.54. The van der Waals surface area contributed by atoms with Crippen molar-refractivity contribution < 1.29 is 19.4 Å². The molecule has 4 N–H and O–H groups in total. The van der Waals surface area contributed by atoms with Crippen molar-refractivity contribution in [1.29, 1.82) is 0 Å². The summed E-state index contributed by atoms with van der Waals surface area (Å²) in [4.78, 5) is 10.7. The minimum Gasteiger partial charge on any atom is -0.396 e. The number of aliphatic hydroxyl groups is 2. The molecule has 7 heteroatoms. The molecule has 0 heterocycles. The average Bonchev–Trinajstić information content (AvgIpc) is 2.32. The lowest BCUT2D eigenvalue weighted by atomic mass is 10.0. The summed E-state index contributed by atoms with van der Waals surface area (Å²) in [6, 6.07) is 2.34. The molecule has 0 fully saturated rings. The van der Waals surface area contributed by atoms with Gasteiger partial charge >= 0.3 is 0 Å². The molecule has 106 valence electrons. The topological polar surface area (TPSA) is 83.5 Å². The number of halogens is 2. The van der Waals surface area contributed by atoms with Gasteiger partial charge in [-0.2, -0.15) is 0 Å².